The van der Waals surface area contributed by atoms with Gasteiger partial charge in [0.15, 0.2) is 5.82 Å². The number of hydrogen-bond donors (Lipinski definition) is 2. The van der Waals surface area contributed by atoms with Crippen LogP contribution in [0.4, 0.5) is 11.5 Å². The number of nitrogens with zero attached hydrogens (tertiary/aromatic N) is 4. The van der Waals surface area contributed by atoms with E-state index in [0.717, 1.165) is 11.0 Å². The van der Waals surface area contributed by atoms with E-state index in [1.807, 2.05) is 41.0 Å². The van der Waals surface area contributed by atoms with Crippen LogP contribution in [0.5, 0.6) is 0 Å². The summed E-state index contributed by atoms with van der Waals surface area (Å²) in [6.07, 6.45) is 5.18. The first-order valence-electron chi connectivity index (χ1n) is 8.07. The smallest absolute Gasteiger partial charge is 0.159 e. The molecule has 0 fully saturated rings. The van der Waals surface area contributed by atoms with Crippen LogP contribution in [0.2, 0.25) is 0 Å². The van der Waals surface area contributed by atoms with E-state index in [1.165, 1.54) is 5.56 Å². The molecule has 124 valence electrons. The van der Waals surface area contributed by atoms with Crippen LogP contribution in [0.3, 0.4) is 0 Å². The van der Waals surface area contributed by atoms with Crippen LogP contribution < -0.4 is 11.1 Å². The van der Waals surface area contributed by atoms with Crippen molar-refractivity contribution in [2.75, 3.05) is 11.1 Å². The Balaban J connectivity index is 1.65. The zero-order valence-corrected chi connectivity index (χ0v) is 13.8. The van der Waals surface area contributed by atoms with Crippen molar-refractivity contribution < 1.29 is 0 Å². The van der Waals surface area contributed by atoms with E-state index in [9.17, 15) is 0 Å². The van der Waals surface area contributed by atoms with Crippen LogP contribution in [0.1, 0.15) is 18.5 Å². The molecule has 4 rings (SSSR count). The lowest BCUT2D eigenvalue weighted by Gasteiger charge is -2.15. The van der Waals surface area contributed by atoms with Gasteiger partial charge in [0.25, 0.3) is 0 Å². The Kier molecular flexibility index (Phi) is 3.78. The first kappa shape index (κ1) is 15.1. The molecule has 1 atom stereocenters. The van der Waals surface area contributed by atoms with Crippen molar-refractivity contribution >= 4 is 22.5 Å². The fraction of sp³-hybridized carbons (Fsp3) is 0.105. The first-order valence-corrected chi connectivity index (χ1v) is 8.07. The monoisotopic (exact) mass is 330 g/mol. The van der Waals surface area contributed by atoms with E-state index in [4.69, 9.17) is 5.73 Å². The molecule has 2 aromatic carbocycles. The van der Waals surface area contributed by atoms with Gasteiger partial charge in [0, 0.05) is 11.7 Å². The molecule has 0 aliphatic heterocycles. The Morgan fingerprint density at radius 2 is 1.92 bits per heavy atom. The molecule has 2 aromatic heterocycles. The second-order valence-corrected chi connectivity index (χ2v) is 5.90. The number of aromatic nitrogens is 4. The molecule has 0 amide bonds. The van der Waals surface area contributed by atoms with Gasteiger partial charge in [0.05, 0.1) is 23.4 Å². The molecule has 25 heavy (non-hydrogen) atoms. The number of imidazole rings is 1. The maximum absolute atomic E-state index is 5.82. The summed E-state index contributed by atoms with van der Waals surface area (Å²) in [6, 6.07) is 16.0. The number of hydrogen-bond acceptors (Lipinski definition) is 5. The van der Waals surface area contributed by atoms with Crippen molar-refractivity contribution in [3.8, 4) is 5.82 Å². The van der Waals surface area contributed by atoms with Crippen molar-refractivity contribution in [1.82, 2.24) is 19.5 Å². The summed E-state index contributed by atoms with van der Waals surface area (Å²) in [7, 11) is 0. The highest BCUT2D eigenvalue weighted by Gasteiger charge is 2.09. The van der Waals surface area contributed by atoms with Crippen LogP contribution in [0.15, 0.2) is 67.3 Å². The third-order valence-corrected chi connectivity index (χ3v) is 4.10. The predicted molar refractivity (Wildman–Crippen MR) is 99.6 cm³/mol. The van der Waals surface area contributed by atoms with Gasteiger partial charge >= 0.3 is 0 Å². The first-order chi connectivity index (χ1) is 12.2. The fourth-order valence-corrected chi connectivity index (χ4v) is 2.80. The van der Waals surface area contributed by atoms with Gasteiger partial charge in [0.2, 0.25) is 0 Å². The number of anilines is 2. The number of rotatable bonds is 4. The molecule has 0 saturated heterocycles. The van der Waals surface area contributed by atoms with Gasteiger partial charge in [-0.3, -0.25) is 9.55 Å². The Hall–Kier alpha value is -3.41. The third kappa shape index (κ3) is 3.01. The van der Waals surface area contributed by atoms with Gasteiger partial charge < -0.3 is 11.1 Å². The van der Waals surface area contributed by atoms with Crippen LogP contribution in [-0.4, -0.2) is 19.5 Å². The minimum Gasteiger partial charge on any atom is -0.399 e. The van der Waals surface area contributed by atoms with Crippen LogP contribution in [0.25, 0.3) is 16.9 Å². The van der Waals surface area contributed by atoms with Crippen LogP contribution in [-0.2, 0) is 0 Å². The van der Waals surface area contributed by atoms with E-state index in [1.54, 1.807) is 18.7 Å². The van der Waals surface area contributed by atoms with Gasteiger partial charge in [-0.1, -0.05) is 30.3 Å². The zero-order chi connectivity index (χ0) is 17.2. The summed E-state index contributed by atoms with van der Waals surface area (Å²) in [6.45, 7) is 2.10. The second-order valence-electron chi connectivity index (χ2n) is 5.90. The van der Waals surface area contributed by atoms with Crippen molar-refractivity contribution in [2.45, 2.75) is 13.0 Å². The van der Waals surface area contributed by atoms with Crippen LogP contribution in [0, 0.1) is 0 Å². The van der Waals surface area contributed by atoms with Crippen molar-refractivity contribution in [3.05, 3.63) is 72.8 Å². The van der Waals surface area contributed by atoms with Gasteiger partial charge in [-0.25, -0.2) is 9.97 Å². The molecule has 0 bridgehead atoms. The molecule has 4 aromatic rings. The van der Waals surface area contributed by atoms with E-state index in [2.05, 4.69) is 39.3 Å². The third-order valence-electron chi connectivity index (χ3n) is 4.10. The Bertz CT molecular complexity index is 1010. The van der Waals surface area contributed by atoms with E-state index < -0.39 is 0 Å². The normalized spacial score (nSPS) is 12.2. The molecule has 0 aliphatic carbocycles. The summed E-state index contributed by atoms with van der Waals surface area (Å²) in [5.74, 6) is 1.42. The number of fused-ring (bicyclic) bond motifs is 1. The highest BCUT2D eigenvalue weighted by Crippen LogP contribution is 2.21. The molecular formula is C19H18N6. The minimum atomic E-state index is 0.130. The Labute approximate surface area is 145 Å². The summed E-state index contributed by atoms with van der Waals surface area (Å²) < 4.78 is 1.90. The largest absolute Gasteiger partial charge is 0.399 e. The molecule has 0 spiro atoms. The lowest BCUT2D eigenvalue weighted by atomic mass is 10.1. The number of nitrogens with one attached hydrogen (secondary N) is 1. The average molecular weight is 330 g/mol. The van der Waals surface area contributed by atoms with E-state index in [0.29, 0.717) is 17.3 Å². The maximum atomic E-state index is 5.82. The molecule has 3 N–H and O–H groups in total. The minimum absolute atomic E-state index is 0.130. The van der Waals surface area contributed by atoms with Gasteiger partial charge in [-0.15, -0.1) is 0 Å². The van der Waals surface area contributed by atoms with Gasteiger partial charge in [-0.05, 0) is 30.7 Å². The molecule has 2 heterocycles. The fourth-order valence-electron chi connectivity index (χ4n) is 2.80. The molecule has 0 radical (unpaired) electrons. The summed E-state index contributed by atoms with van der Waals surface area (Å²) in [5, 5.41) is 3.39. The summed E-state index contributed by atoms with van der Waals surface area (Å²) in [4.78, 5) is 13.4. The molecule has 0 aliphatic rings. The van der Waals surface area contributed by atoms with E-state index in [-0.39, 0.29) is 6.04 Å². The SMILES string of the molecule is C[C@H](Nc1cncc(-n2cnc3cc(N)ccc32)n1)c1ccccc1. The quantitative estimate of drug-likeness (QED) is 0.559. The highest BCUT2D eigenvalue weighted by atomic mass is 15.2. The van der Waals surface area contributed by atoms with Crippen molar-refractivity contribution in [2.24, 2.45) is 0 Å². The zero-order valence-electron chi connectivity index (χ0n) is 13.8. The lowest BCUT2D eigenvalue weighted by molar-refractivity contribution is 0.865. The predicted octanol–water partition coefficient (Wildman–Crippen LogP) is 3.57. The van der Waals surface area contributed by atoms with E-state index >= 15 is 0 Å². The summed E-state index contributed by atoms with van der Waals surface area (Å²) >= 11 is 0. The maximum Gasteiger partial charge on any atom is 0.159 e. The van der Waals surface area contributed by atoms with Gasteiger partial charge in [0.1, 0.15) is 12.1 Å². The van der Waals surface area contributed by atoms with Crippen molar-refractivity contribution in [1.29, 1.82) is 0 Å². The standard InChI is InChI=1S/C19H18N6/c1-13(14-5-3-2-4-6-14)23-18-10-21-11-19(24-18)25-12-22-16-9-15(20)7-8-17(16)25/h2-13H,20H2,1H3,(H,23,24)/t13-/m0/s1. The molecule has 6 nitrogen and oxygen atoms in total. The number of nitrogen functional groups attached to an aromatic ring is 1. The number of nitrogens with two attached hydrogens (primary N) is 1. The Morgan fingerprint density at radius 1 is 1.08 bits per heavy atom. The topological polar surface area (TPSA) is 81.7 Å². The van der Waals surface area contributed by atoms with Crippen LogP contribution >= 0.6 is 0 Å². The lowest BCUT2D eigenvalue weighted by Crippen LogP contribution is -2.09. The second kappa shape index (κ2) is 6.24. The molecule has 6 heteroatoms. The molecule has 0 saturated carbocycles. The Morgan fingerprint density at radius 3 is 2.76 bits per heavy atom. The molecule has 0 unspecified atom stereocenters. The summed E-state index contributed by atoms with van der Waals surface area (Å²) in [5.41, 5.74) is 9.48. The molecular weight excluding hydrogens is 312 g/mol. The van der Waals surface area contributed by atoms with Gasteiger partial charge in [-0.2, -0.15) is 0 Å². The average Bonchev–Trinajstić information content (AvgIpc) is 3.05. The highest BCUT2D eigenvalue weighted by molar-refractivity contribution is 5.80. The number of benzene rings is 2. The van der Waals surface area contributed by atoms with Crippen molar-refractivity contribution in [3.63, 3.8) is 0 Å².